The van der Waals surface area contributed by atoms with Crippen LogP contribution in [-0.4, -0.2) is 49.5 Å². The van der Waals surface area contributed by atoms with Gasteiger partial charge in [-0.15, -0.1) is 0 Å². The third kappa shape index (κ3) is 5.77. The zero-order valence-electron chi connectivity index (χ0n) is 14.5. The molecule has 0 aliphatic rings. The Kier molecular flexibility index (Phi) is 6.64. The standard InChI is InChI=1S/C16H22F2N2O4S/c1-5-20(10-13(21)19-16(2,3)4)14(22)11-6-8-12(9-7-11)25(23,24)15(17)18/h6-9,15H,5,10H2,1-4H3,(H,19,21). The van der Waals surface area contributed by atoms with E-state index < -0.39 is 31.9 Å². The van der Waals surface area contributed by atoms with Crippen LogP contribution in [0.4, 0.5) is 8.78 Å². The maximum Gasteiger partial charge on any atom is 0.341 e. The maximum absolute atomic E-state index is 12.5. The van der Waals surface area contributed by atoms with Gasteiger partial charge in [0.1, 0.15) is 0 Å². The second kappa shape index (κ2) is 7.90. The fraction of sp³-hybridized carbons (Fsp3) is 0.500. The second-order valence-corrected chi connectivity index (χ2v) is 8.37. The molecule has 2 amide bonds. The monoisotopic (exact) mass is 376 g/mol. The van der Waals surface area contributed by atoms with E-state index in [1.165, 1.54) is 4.90 Å². The van der Waals surface area contributed by atoms with Gasteiger partial charge in [0.2, 0.25) is 15.7 Å². The van der Waals surface area contributed by atoms with Gasteiger partial charge in [0.25, 0.3) is 5.91 Å². The zero-order chi connectivity index (χ0) is 19.4. The first-order chi connectivity index (χ1) is 11.4. The van der Waals surface area contributed by atoms with E-state index in [2.05, 4.69) is 5.32 Å². The molecule has 0 saturated heterocycles. The van der Waals surface area contributed by atoms with Gasteiger partial charge in [-0.1, -0.05) is 0 Å². The summed E-state index contributed by atoms with van der Waals surface area (Å²) in [4.78, 5) is 25.1. The Bertz CT molecular complexity index is 725. The summed E-state index contributed by atoms with van der Waals surface area (Å²) in [6, 6.07) is 4.22. The van der Waals surface area contributed by atoms with Crippen molar-refractivity contribution >= 4 is 21.7 Å². The van der Waals surface area contributed by atoms with E-state index in [9.17, 15) is 26.8 Å². The first kappa shape index (κ1) is 21.0. The minimum atomic E-state index is -4.71. The first-order valence-corrected chi connectivity index (χ1v) is 9.15. The molecule has 1 rings (SSSR count). The van der Waals surface area contributed by atoms with Crippen molar-refractivity contribution in [1.82, 2.24) is 10.2 Å². The van der Waals surface area contributed by atoms with Crippen molar-refractivity contribution in [3.8, 4) is 0 Å². The van der Waals surface area contributed by atoms with Crippen LogP contribution in [0.15, 0.2) is 29.2 Å². The molecular weight excluding hydrogens is 354 g/mol. The molecule has 0 spiro atoms. The quantitative estimate of drug-likeness (QED) is 0.824. The number of sulfone groups is 1. The van der Waals surface area contributed by atoms with E-state index in [4.69, 9.17) is 0 Å². The SMILES string of the molecule is CCN(CC(=O)NC(C)(C)C)C(=O)c1ccc(S(=O)(=O)C(F)F)cc1. The molecular formula is C16H22F2N2O4S. The lowest BCUT2D eigenvalue weighted by atomic mass is 10.1. The summed E-state index contributed by atoms with van der Waals surface area (Å²) < 4.78 is 47.8. The van der Waals surface area contributed by atoms with E-state index in [0.29, 0.717) is 0 Å². The van der Waals surface area contributed by atoms with Crippen LogP contribution in [0.2, 0.25) is 0 Å². The molecule has 0 atom stereocenters. The number of carbonyl (C=O) groups is 2. The summed E-state index contributed by atoms with van der Waals surface area (Å²) in [6.45, 7) is 7.22. The normalized spacial score (nSPS) is 12.1. The van der Waals surface area contributed by atoms with Crippen LogP contribution in [0.1, 0.15) is 38.1 Å². The van der Waals surface area contributed by atoms with Gasteiger partial charge >= 0.3 is 5.76 Å². The predicted molar refractivity (Wildman–Crippen MR) is 89.1 cm³/mol. The molecule has 1 aromatic rings. The molecule has 0 aromatic heterocycles. The Balaban J connectivity index is 2.92. The van der Waals surface area contributed by atoms with Crippen molar-refractivity contribution in [2.24, 2.45) is 0 Å². The van der Waals surface area contributed by atoms with Crippen molar-refractivity contribution in [1.29, 1.82) is 0 Å². The van der Waals surface area contributed by atoms with Crippen LogP contribution in [0.3, 0.4) is 0 Å². The van der Waals surface area contributed by atoms with E-state index >= 15 is 0 Å². The number of alkyl halides is 2. The molecule has 9 heteroatoms. The molecule has 0 bridgehead atoms. The van der Waals surface area contributed by atoms with Gasteiger partial charge < -0.3 is 10.2 Å². The first-order valence-electron chi connectivity index (χ1n) is 7.61. The summed E-state index contributed by atoms with van der Waals surface area (Å²) in [5.74, 6) is -4.35. The van der Waals surface area contributed by atoms with Gasteiger partial charge in [-0.2, -0.15) is 8.78 Å². The summed E-state index contributed by atoms with van der Waals surface area (Å²) in [5.41, 5.74) is -0.330. The average Bonchev–Trinajstić information content (AvgIpc) is 2.50. The van der Waals surface area contributed by atoms with E-state index in [0.717, 1.165) is 24.3 Å². The molecule has 0 unspecified atom stereocenters. The third-order valence-electron chi connectivity index (χ3n) is 3.18. The molecule has 1 aromatic carbocycles. The summed E-state index contributed by atoms with van der Waals surface area (Å²) >= 11 is 0. The third-order valence-corrected chi connectivity index (χ3v) is 4.58. The van der Waals surface area contributed by atoms with Crippen LogP contribution in [0.25, 0.3) is 0 Å². The average molecular weight is 376 g/mol. The molecule has 0 heterocycles. The predicted octanol–water partition coefficient (Wildman–Crippen LogP) is 2.06. The minimum absolute atomic E-state index is 0.110. The summed E-state index contributed by atoms with van der Waals surface area (Å²) in [7, 11) is -4.71. The van der Waals surface area contributed by atoms with Crippen LogP contribution in [0, 0.1) is 0 Å². The number of rotatable bonds is 6. The Labute approximate surface area is 146 Å². The molecule has 0 fully saturated rings. The Morgan fingerprint density at radius 1 is 1.16 bits per heavy atom. The summed E-state index contributed by atoms with van der Waals surface area (Å²) in [6.07, 6.45) is 0. The number of halogens is 2. The van der Waals surface area contributed by atoms with Gasteiger partial charge in [-0.25, -0.2) is 8.42 Å². The number of hydrogen-bond donors (Lipinski definition) is 1. The fourth-order valence-electron chi connectivity index (χ4n) is 2.03. The maximum atomic E-state index is 12.5. The lowest BCUT2D eigenvalue weighted by Crippen LogP contribution is -2.47. The molecule has 0 aliphatic carbocycles. The van der Waals surface area contributed by atoms with Crippen LogP contribution in [-0.2, 0) is 14.6 Å². The molecule has 25 heavy (non-hydrogen) atoms. The topological polar surface area (TPSA) is 83.6 Å². The van der Waals surface area contributed by atoms with Crippen LogP contribution < -0.4 is 5.32 Å². The van der Waals surface area contributed by atoms with Gasteiger partial charge in [0.05, 0.1) is 11.4 Å². The highest BCUT2D eigenvalue weighted by Gasteiger charge is 2.27. The number of hydrogen-bond acceptors (Lipinski definition) is 4. The zero-order valence-corrected chi connectivity index (χ0v) is 15.4. The van der Waals surface area contributed by atoms with Crippen molar-refractivity contribution in [3.63, 3.8) is 0 Å². The van der Waals surface area contributed by atoms with Gasteiger partial charge in [0.15, 0.2) is 0 Å². The fourth-order valence-corrected chi connectivity index (χ4v) is 2.75. The molecule has 140 valence electrons. The Morgan fingerprint density at radius 2 is 1.68 bits per heavy atom. The molecule has 0 saturated carbocycles. The molecule has 0 radical (unpaired) electrons. The number of benzene rings is 1. The highest BCUT2D eigenvalue weighted by Crippen LogP contribution is 2.19. The highest BCUT2D eigenvalue weighted by atomic mass is 32.2. The second-order valence-electron chi connectivity index (χ2n) is 6.45. The van der Waals surface area contributed by atoms with Gasteiger partial charge in [0, 0.05) is 17.6 Å². The molecule has 6 nitrogen and oxygen atoms in total. The molecule has 1 N–H and O–H groups in total. The number of likely N-dealkylation sites (N-methyl/N-ethyl adjacent to an activating group) is 1. The lowest BCUT2D eigenvalue weighted by molar-refractivity contribution is -0.123. The molecule has 0 aliphatic heterocycles. The smallest absolute Gasteiger partial charge is 0.341 e. The highest BCUT2D eigenvalue weighted by molar-refractivity contribution is 7.91. The van der Waals surface area contributed by atoms with E-state index in [-0.39, 0.29) is 24.6 Å². The van der Waals surface area contributed by atoms with Crippen molar-refractivity contribution < 1.29 is 26.8 Å². The Hall–Kier alpha value is -2.03. The number of amides is 2. The van der Waals surface area contributed by atoms with E-state index in [1.54, 1.807) is 6.92 Å². The van der Waals surface area contributed by atoms with Crippen molar-refractivity contribution in [2.45, 2.75) is 43.9 Å². The lowest BCUT2D eigenvalue weighted by Gasteiger charge is -2.25. The van der Waals surface area contributed by atoms with E-state index in [1.807, 2.05) is 20.8 Å². The largest absolute Gasteiger partial charge is 0.350 e. The van der Waals surface area contributed by atoms with Gasteiger partial charge in [-0.05, 0) is 52.0 Å². The van der Waals surface area contributed by atoms with Gasteiger partial charge in [-0.3, -0.25) is 9.59 Å². The Morgan fingerprint density at radius 3 is 2.08 bits per heavy atom. The number of nitrogens with zero attached hydrogens (tertiary/aromatic N) is 1. The van der Waals surface area contributed by atoms with Crippen molar-refractivity contribution in [2.75, 3.05) is 13.1 Å². The number of carbonyl (C=O) groups excluding carboxylic acids is 2. The number of nitrogens with one attached hydrogen (secondary N) is 1. The summed E-state index contributed by atoms with van der Waals surface area (Å²) in [5, 5.41) is 2.74. The minimum Gasteiger partial charge on any atom is -0.350 e. The van der Waals surface area contributed by atoms with Crippen LogP contribution in [0.5, 0.6) is 0 Å². The van der Waals surface area contributed by atoms with Crippen molar-refractivity contribution in [3.05, 3.63) is 29.8 Å². The van der Waals surface area contributed by atoms with Crippen LogP contribution >= 0.6 is 0 Å².